The first kappa shape index (κ1) is 29.3. The normalized spacial score (nSPS) is 13.2. The van der Waals surface area contributed by atoms with Crippen LogP contribution in [0, 0.1) is 0 Å². The molecule has 0 aliphatic heterocycles. The van der Waals surface area contributed by atoms with E-state index in [1.54, 1.807) is 0 Å². The van der Waals surface area contributed by atoms with Crippen molar-refractivity contribution in [2.45, 2.75) is 5.41 Å². The van der Waals surface area contributed by atoms with Crippen LogP contribution in [0.5, 0.6) is 0 Å². The molecule has 2 aromatic heterocycles. The number of benzene rings is 8. The molecular formula is C49H31NOS. The van der Waals surface area contributed by atoms with Gasteiger partial charge in [0.2, 0.25) is 0 Å². The van der Waals surface area contributed by atoms with Gasteiger partial charge in [0.15, 0.2) is 0 Å². The second-order valence-corrected chi connectivity index (χ2v) is 14.7. The molecule has 0 atom stereocenters. The van der Waals surface area contributed by atoms with Crippen molar-refractivity contribution in [1.82, 2.24) is 0 Å². The molecule has 0 radical (unpaired) electrons. The molecule has 10 aromatic rings. The van der Waals surface area contributed by atoms with E-state index in [4.69, 9.17) is 4.42 Å². The molecule has 0 spiro atoms. The predicted octanol–water partition coefficient (Wildman–Crippen LogP) is 13.8. The van der Waals surface area contributed by atoms with Crippen LogP contribution in [0.1, 0.15) is 22.3 Å². The van der Waals surface area contributed by atoms with E-state index in [1.807, 2.05) is 17.4 Å². The number of hydrogen-bond donors (Lipinski definition) is 0. The fourth-order valence-electron chi connectivity index (χ4n) is 8.86. The highest BCUT2D eigenvalue weighted by Crippen LogP contribution is 2.60. The maximum atomic E-state index is 6.50. The van der Waals surface area contributed by atoms with Crippen LogP contribution in [0.3, 0.4) is 0 Å². The molecule has 244 valence electrons. The van der Waals surface area contributed by atoms with Crippen molar-refractivity contribution in [2.24, 2.45) is 0 Å². The number of nitrogens with zero attached hydrogens (tertiary/aromatic N) is 1. The Balaban J connectivity index is 1.28. The number of thiophene rings is 1. The molecule has 0 N–H and O–H groups in total. The van der Waals surface area contributed by atoms with Gasteiger partial charge in [-0.25, -0.2) is 0 Å². The summed E-state index contributed by atoms with van der Waals surface area (Å²) in [6.07, 6.45) is 0. The summed E-state index contributed by atoms with van der Waals surface area (Å²) >= 11 is 1.85. The molecule has 2 nitrogen and oxygen atoms in total. The highest BCUT2D eigenvalue weighted by molar-refractivity contribution is 7.25. The summed E-state index contributed by atoms with van der Waals surface area (Å²) in [6, 6.07) is 68.6. The van der Waals surface area contributed by atoms with Gasteiger partial charge >= 0.3 is 0 Å². The minimum atomic E-state index is -0.502. The summed E-state index contributed by atoms with van der Waals surface area (Å²) in [5.41, 5.74) is 12.2. The lowest BCUT2D eigenvalue weighted by Gasteiger charge is -2.34. The number of fused-ring (bicyclic) bond motifs is 9. The van der Waals surface area contributed by atoms with Crippen molar-refractivity contribution in [3.8, 4) is 11.1 Å². The van der Waals surface area contributed by atoms with E-state index in [0.29, 0.717) is 0 Å². The van der Waals surface area contributed by atoms with Gasteiger partial charge < -0.3 is 9.32 Å². The first-order chi connectivity index (χ1) is 25.8. The third-order valence-corrected chi connectivity index (χ3v) is 12.1. The Hall–Kier alpha value is -6.42. The van der Waals surface area contributed by atoms with Crippen LogP contribution in [0.4, 0.5) is 17.1 Å². The Morgan fingerprint density at radius 1 is 0.442 bits per heavy atom. The highest BCUT2D eigenvalue weighted by Gasteiger charge is 2.47. The standard InChI is InChI=1S/C49H31NOS/c1-3-15-32(16-4-1)49(33-17-5-2-6-18-33)39-22-10-7-20-36(39)47-40(49)23-13-24-41(47)50(34-29-30-46-38(31-34)35-19-9-12-28-45(35)52-46)42-25-14-27-44-48(42)37-21-8-11-26-43(37)51-44/h1-31H. The molecule has 2 heterocycles. The van der Waals surface area contributed by atoms with Crippen molar-refractivity contribution in [3.63, 3.8) is 0 Å². The van der Waals surface area contributed by atoms with Crippen LogP contribution in [0.15, 0.2) is 192 Å². The lowest BCUT2D eigenvalue weighted by atomic mass is 9.68. The van der Waals surface area contributed by atoms with E-state index >= 15 is 0 Å². The molecule has 0 saturated heterocycles. The fourth-order valence-corrected chi connectivity index (χ4v) is 9.95. The van der Waals surface area contributed by atoms with Crippen LogP contribution in [0.25, 0.3) is 53.2 Å². The zero-order chi connectivity index (χ0) is 34.2. The molecule has 52 heavy (non-hydrogen) atoms. The van der Waals surface area contributed by atoms with Gasteiger partial charge in [0.25, 0.3) is 0 Å². The number of anilines is 3. The van der Waals surface area contributed by atoms with Gasteiger partial charge in [0.1, 0.15) is 11.2 Å². The zero-order valence-corrected chi connectivity index (χ0v) is 29.0. The van der Waals surface area contributed by atoms with Crippen molar-refractivity contribution < 1.29 is 4.42 Å². The summed E-state index contributed by atoms with van der Waals surface area (Å²) in [5.74, 6) is 0. The largest absolute Gasteiger partial charge is 0.456 e. The Morgan fingerprint density at radius 2 is 1.06 bits per heavy atom. The summed E-state index contributed by atoms with van der Waals surface area (Å²) in [5, 5.41) is 4.76. The number of para-hydroxylation sites is 1. The topological polar surface area (TPSA) is 16.4 Å². The molecule has 1 aliphatic carbocycles. The van der Waals surface area contributed by atoms with Crippen LogP contribution < -0.4 is 4.90 Å². The first-order valence-corrected chi connectivity index (χ1v) is 18.6. The van der Waals surface area contributed by atoms with Gasteiger partial charge in [-0.05, 0) is 76.3 Å². The quantitative estimate of drug-likeness (QED) is 0.180. The maximum Gasteiger partial charge on any atom is 0.137 e. The van der Waals surface area contributed by atoms with E-state index < -0.39 is 5.41 Å². The monoisotopic (exact) mass is 681 g/mol. The third kappa shape index (κ3) is 4.06. The Bertz CT molecular complexity index is 2930. The Kier molecular flexibility index (Phi) is 6.37. The second kappa shape index (κ2) is 11.3. The molecule has 1 aliphatic rings. The molecule has 0 saturated carbocycles. The maximum absolute atomic E-state index is 6.50. The molecule has 0 bridgehead atoms. The fraction of sp³-hybridized carbons (Fsp3) is 0.0204. The predicted molar refractivity (Wildman–Crippen MR) is 219 cm³/mol. The van der Waals surface area contributed by atoms with Gasteiger partial charge in [-0.1, -0.05) is 140 Å². The number of hydrogen-bond acceptors (Lipinski definition) is 3. The van der Waals surface area contributed by atoms with Crippen molar-refractivity contribution in [2.75, 3.05) is 4.90 Å². The van der Waals surface area contributed by atoms with Crippen molar-refractivity contribution in [1.29, 1.82) is 0 Å². The third-order valence-electron chi connectivity index (χ3n) is 10.9. The minimum Gasteiger partial charge on any atom is -0.456 e. The lowest BCUT2D eigenvalue weighted by Crippen LogP contribution is -2.28. The lowest BCUT2D eigenvalue weighted by molar-refractivity contribution is 0.669. The van der Waals surface area contributed by atoms with Gasteiger partial charge in [0, 0.05) is 36.8 Å². The summed E-state index contributed by atoms with van der Waals surface area (Å²) < 4.78 is 9.09. The van der Waals surface area contributed by atoms with Crippen molar-refractivity contribution >= 4 is 70.5 Å². The second-order valence-electron chi connectivity index (χ2n) is 13.6. The minimum absolute atomic E-state index is 0.502. The van der Waals surface area contributed by atoms with E-state index in [-0.39, 0.29) is 0 Å². The zero-order valence-electron chi connectivity index (χ0n) is 28.2. The summed E-state index contributed by atoms with van der Waals surface area (Å²) in [7, 11) is 0. The molecule has 0 unspecified atom stereocenters. The van der Waals surface area contributed by atoms with Gasteiger partial charge in [-0.15, -0.1) is 11.3 Å². The first-order valence-electron chi connectivity index (χ1n) is 17.8. The molecule has 11 rings (SSSR count). The number of rotatable bonds is 5. The average molecular weight is 682 g/mol. The molecular weight excluding hydrogens is 651 g/mol. The van der Waals surface area contributed by atoms with Crippen LogP contribution in [-0.4, -0.2) is 0 Å². The molecule has 8 aromatic carbocycles. The number of furan rings is 1. The molecule has 0 amide bonds. The Labute approximate surface area is 305 Å². The van der Waals surface area contributed by atoms with Gasteiger partial charge in [0.05, 0.1) is 22.2 Å². The smallest absolute Gasteiger partial charge is 0.137 e. The van der Waals surface area contributed by atoms with Gasteiger partial charge in [-0.3, -0.25) is 0 Å². The molecule has 0 fully saturated rings. The van der Waals surface area contributed by atoms with E-state index in [2.05, 4.69) is 187 Å². The van der Waals surface area contributed by atoms with Gasteiger partial charge in [-0.2, -0.15) is 0 Å². The summed E-state index contributed by atoms with van der Waals surface area (Å²) in [6.45, 7) is 0. The van der Waals surface area contributed by atoms with Crippen LogP contribution >= 0.6 is 11.3 Å². The van der Waals surface area contributed by atoms with E-state index in [0.717, 1.165) is 39.0 Å². The van der Waals surface area contributed by atoms with E-state index in [9.17, 15) is 0 Å². The Morgan fingerprint density at radius 3 is 1.88 bits per heavy atom. The van der Waals surface area contributed by atoms with Crippen LogP contribution in [-0.2, 0) is 5.41 Å². The van der Waals surface area contributed by atoms with Crippen LogP contribution in [0.2, 0.25) is 0 Å². The summed E-state index contributed by atoms with van der Waals surface area (Å²) in [4.78, 5) is 2.48. The highest BCUT2D eigenvalue weighted by atomic mass is 32.1. The average Bonchev–Trinajstić information content (AvgIpc) is 3.88. The van der Waals surface area contributed by atoms with E-state index in [1.165, 1.54) is 53.6 Å². The molecule has 3 heteroatoms. The SMILES string of the molecule is c1ccc(C2(c3ccccc3)c3ccccc3-c3c(N(c4ccc5sc6ccccc6c5c4)c4cccc5oc6ccccc6c45)cccc32)cc1. The van der Waals surface area contributed by atoms with Crippen molar-refractivity contribution in [3.05, 3.63) is 210 Å².